The first kappa shape index (κ1) is 13.5. The van der Waals surface area contributed by atoms with Gasteiger partial charge in [0.1, 0.15) is 0 Å². The molecule has 0 bridgehead atoms. The Kier molecular flexibility index (Phi) is 4.37. The second kappa shape index (κ2) is 5.82. The fourth-order valence-corrected chi connectivity index (χ4v) is 2.54. The van der Waals surface area contributed by atoms with Gasteiger partial charge in [-0.05, 0) is 20.9 Å². The highest BCUT2D eigenvalue weighted by Crippen LogP contribution is 2.22. The lowest BCUT2D eigenvalue weighted by Crippen LogP contribution is -2.49. The zero-order chi connectivity index (χ0) is 13.1. The standard InChI is InChI=1S/C13H24N4O/c1-10(2)17-5-6-18-12(9-17)13(14-3)11-7-15-16(4)8-11/h7-8,10,12-14H,5-6,9H2,1-4H3. The Balaban J connectivity index is 2.08. The summed E-state index contributed by atoms with van der Waals surface area (Å²) in [5.41, 5.74) is 1.19. The molecule has 0 saturated carbocycles. The molecule has 1 saturated heterocycles. The van der Waals surface area contributed by atoms with Crippen molar-refractivity contribution in [2.45, 2.75) is 32.0 Å². The van der Waals surface area contributed by atoms with E-state index in [0.717, 1.165) is 19.7 Å². The van der Waals surface area contributed by atoms with E-state index in [0.29, 0.717) is 6.04 Å². The predicted molar refractivity (Wildman–Crippen MR) is 71.5 cm³/mol. The number of hydrogen-bond acceptors (Lipinski definition) is 4. The van der Waals surface area contributed by atoms with Crippen molar-refractivity contribution in [3.63, 3.8) is 0 Å². The van der Waals surface area contributed by atoms with E-state index in [2.05, 4.69) is 35.4 Å². The molecule has 1 N–H and O–H groups in total. The predicted octanol–water partition coefficient (Wildman–Crippen LogP) is 0.790. The van der Waals surface area contributed by atoms with Gasteiger partial charge >= 0.3 is 0 Å². The summed E-state index contributed by atoms with van der Waals surface area (Å²) in [6.07, 6.45) is 4.16. The third-order valence-electron chi connectivity index (χ3n) is 3.62. The molecule has 5 heteroatoms. The van der Waals surface area contributed by atoms with Crippen LogP contribution in [-0.4, -0.2) is 53.6 Å². The fourth-order valence-electron chi connectivity index (χ4n) is 2.54. The largest absolute Gasteiger partial charge is 0.374 e. The van der Waals surface area contributed by atoms with E-state index in [4.69, 9.17) is 4.74 Å². The maximum atomic E-state index is 5.93. The second-order valence-corrected chi connectivity index (χ2v) is 5.21. The molecule has 2 rings (SSSR count). The van der Waals surface area contributed by atoms with Crippen molar-refractivity contribution in [3.8, 4) is 0 Å². The molecule has 0 radical (unpaired) electrons. The second-order valence-electron chi connectivity index (χ2n) is 5.21. The van der Waals surface area contributed by atoms with Gasteiger partial charge in [-0.2, -0.15) is 5.10 Å². The SMILES string of the molecule is CNC(c1cnn(C)c1)C1CN(C(C)C)CCO1. The van der Waals surface area contributed by atoms with Gasteiger partial charge in [0.15, 0.2) is 0 Å². The summed E-state index contributed by atoms with van der Waals surface area (Å²) in [4.78, 5) is 2.47. The number of ether oxygens (including phenoxy) is 1. The van der Waals surface area contributed by atoms with Gasteiger partial charge in [-0.15, -0.1) is 0 Å². The first-order valence-corrected chi connectivity index (χ1v) is 6.63. The van der Waals surface area contributed by atoms with E-state index in [-0.39, 0.29) is 12.1 Å². The van der Waals surface area contributed by atoms with E-state index in [1.54, 1.807) is 0 Å². The van der Waals surface area contributed by atoms with E-state index in [9.17, 15) is 0 Å². The topological polar surface area (TPSA) is 42.3 Å². The number of aryl methyl sites for hydroxylation is 1. The highest BCUT2D eigenvalue weighted by Gasteiger charge is 2.29. The zero-order valence-corrected chi connectivity index (χ0v) is 11.8. The Morgan fingerprint density at radius 1 is 1.50 bits per heavy atom. The number of aromatic nitrogens is 2. The average Bonchev–Trinajstić information content (AvgIpc) is 2.77. The molecule has 0 aromatic carbocycles. The molecule has 2 unspecified atom stereocenters. The Bertz CT molecular complexity index is 377. The number of likely N-dealkylation sites (N-methyl/N-ethyl adjacent to an activating group) is 1. The van der Waals surface area contributed by atoms with Gasteiger partial charge in [0.05, 0.1) is 24.9 Å². The number of rotatable bonds is 4. The van der Waals surface area contributed by atoms with Gasteiger partial charge in [0.25, 0.3) is 0 Å². The van der Waals surface area contributed by atoms with Crippen molar-refractivity contribution in [2.75, 3.05) is 26.7 Å². The van der Waals surface area contributed by atoms with Crippen LogP contribution in [-0.2, 0) is 11.8 Å². The van der Waals surface area contributed by atoms with Crippen LogP contribution < -0.4 is 5.32 Å². The van der Waals surface area contributed by atoms with Crippen molar-refractivity contribution in [3.05, 3.63) is 18.0 Å². The Hall–Kier alpha value is -0.910. The van der Waals surface area contributed by atoms with Crippen molar-refractivity contribution in [1.82, 2.24) is 20.0 Å². The lowest BCUT2D eigenvalue weighted by molar-refractivity contribution is -0.0550. The van der Waals surface area contributed by atoms with Crippen LogP contribution in [0.25, 0.3) is 0 Å². The van der Waals surface area contributed by atoms with E-state index >= 15 is 0 Å². The lowest BCUT2D eigenvalue weighted by Gasteiger charge is -2.38. The molecule has 1 aliphatic heterocycles. The number of nitrogens with one attached hydrogen (secondary N) is 1. The molecule has 2 atom stereocenters. The quantitative estimate of drug-likeness (QED) is 0.860. The third kappa shape index (κ3) is 2.91. The van der Waals surface area contributed by atoms with Gasteiger partial charge in [-0.25, -0.2) is 0 Å². The maximum Gasteiger partial charge on any atom is 0.0898 e. The van der Waals surface area contributed by atoms with Crippen LogP contribution in [0.2, 0.25) is 0 Å². The summed E-state index contributed by atoms with van der Waals surface area (Å²) in [5.74, 6) is 0. The monoisotopic (exact) mass is 252 g/mol. The van der Waals surface area contributed by atoms with Gasteiger partial charge in [0.2, 0.25) is 0 Å². The van der Waals surface area contributed by atoms with E-state index in [1.807, 2.05) is 25.0 Å². The average molecular weight is 252 g/mol. The van der Waals surface area contributed by atoms with Crippen LogP contribution in [0, 0.1) is 0 Å². The first-order valence-electron chi connectivity index (χ1n) is 6.63. The summed E-state index contributed by atoms with van der Waals surface area (Å²) in [5, 5.41) is 7.60. The molecule has 5 nitrogen and oxygen atoms in total. The van der Waals surface area contributed by atoms with Crippen LogP contribution in [0.1, 0.15) is 25.5 Å². The van der Waals surface area contributed by atoms with E-state index < -0.39 is 0 Å². The molecule has 1 fully saturated rings. The minimum Gasteiger partial charge on any atom is -0.374 e. The molecule has 1 aromatic rings. The Morgan fingerprint density at radius 2 is 2.28 bits per heavy atom. The van der Waals surface area contributed by atoms with Crippen molar-refractivity contribution < 1.29 is 4.74 Å². The normalized spacial score (nSPS) is 23.5. The molecule has 2 heterocycles. The van der Waals surface area contributed by atoms with Crippen LogP contribution in [0.15, 0.2) is 12.4 Å². The molecule has 0 spiro atoms. The number of morpholine rings is 1. The lowest BCUT2D eigenvalue weighted by atomic mass is 10.0. The third-order valence-corrected chi connectivity index (χ3v) is 3.62. The molecular formula is C13H24N4O. The van der Waals surface area contributed by atoms with Crippen molar-refractivity contribution in [1.29, 1.82) is 0 Å². The minimum absolute atomic E-state index is 0.190. The summed E-state index contributed by atoms with van der Waals surface area (Å²) >= 11 is 0. The zero-order valence-electron chi connectivity index (χ0n) is 11.8. The first-order chi connectivity index (χ1) is 8.61. The van der Waals surface area contributed by atoms with Gasteiger partial charge in [0, 0.05) is 37.9 Å². The summed E-state index contributed by atoms with van der Waals surface area (Å²) in [6.45, 7) is 7.28. The Morgan fingerprint density at radius 3 is 2.83 bits per heavy atom. The number of nitrogens with zero attached hydrogens (tertiary/aromatic N) is 3. The molecule has 102 valence electrons. The van der Waals surface area contributed by atoms with Crippen molar-refractivity contribution >= 4 is 0 Å². The molecular weight excluding hydrogens is 228 g/mol. The minimum atomic E-state index is 0.190. The molecule has 0 aliphatic carbocycles. The summed E-state index contributed by atoms with van der Waals surface area (Å²) in [7, 11) is 3.92. The van der Waals surface area contributed by atoms with Gasteiger partial charge in [-0.1, -0.05) is 0 Å². The molecule has 18 heavy (non-hydrogen) atoms. The fraction of sp³-hybridized carbons (Fsp3) is 0.769. The Labute approximate surface area is 109 Å². The van der Waals surface area contributed by atoms with Crippen LogP contribution in [0.3, 0.4) is 0 Å². The molecule has 1 aliphatic rings. The summed E-state index contributed by atoms with van der Waals surface area (Å²) < 4.78 is 7.77. The molecule has 1 aromatic heterocycles. The maximum absolute atomic E-state index is 5.93. The van der Waals surface area contributed by atoms with Crippen LogP contribution >= 0.6 is 0 Å². The highest BCUT2D eigenvalue weighted by atomic mass is 16.5. The highest BCUT2D eigenvalue weighted by molar-refractivity contribution is 5.13. The van der Waals surface area contributed by atoms with Crippen molar-refractivity contribution in [2.24, 2.45) is 7.05 Å². The van der Waals surface area contributed by atoms with Crippen LogP contribution in [0.4, 0.5) is 0 Å². The smallest absolute Gasteiger partial charge is 0.0898 e. The molecule has 0 amide bonds. The van der Waals surface area contributed by atoms with Gasteiger partial charge in [-0.3, -0.25) is 9.58 Å². The number of hydrogen-bond donors (Lipinski definition) is 1. The van der Waals surface area contributed by atoms with Gasteiger partial charge < -0.3 is 10.1 Å². The van der Waals surface area contributed by atoms with Crippen LogP contribution in [0.5, 0.6) is 0 Å². The van der Waals surface area contributed by atoms with E-state index in [1.165, 1.54) is 5.56 Å². The summed E-state index contributed by atoms with van der Waals surface area (Å²) in [6, 6.07) is 0.781.